The predicted molar refractivity (Wildman–Crippen MR) is 137 cm³/mol. The van der Waals surface area contributed by atoms with Gasteiger partial charge in [-0.15, -0.1) is 0 Å². The number of hydrogen-bond acceptors (Lipinski definition) is 4. The molecule has 7 nitrogen and oxygen atoms in total. The molecule has 0 aliphatic heterocycles. The molecule has 1 atom stereocenters. The average Bonchev–Trinajstić information content (AvgIpc) is 3.33. The minimum absolute atomic E-state index is 0.0497. The fraction of sp³-hybridized carbons (Fsp3) is 0.462. The van der Waals surface area contributed by atoms with Crippen molar-refractivity contribution in [1.82, 2.24) is 14.5 Å². The minimum Gasteiger partial charge on any atom is -0.352 e. The summed E-state index contributed by atoms with van der Waals surface area (Å²) >= 11 is 5.89. The standard InChI is InChI=1S/C26H34ClN3O4S/c1-4-24(26(32)28-22-11-7-8-12-22)30(17-20-10-6-5-9-19(20)2)25(31)18-29(3)35(33,34)23-15-13-21(27)14-16-23/h5-6,9-10,13-16,22,24H,4,7-8,11-12,17-18H2,1-3H3,(H,28,32)/t24-/m1/s1. The van der Waals surface area contributed by atoms with Gasteiger partial charge in [-0.1, -0.05) is 55.6 Å². The molecule has 0 bridgehead atoms. The van der Waals surface area contributed by atoms with Gasteiger partial charge in [0, 0.05) is 24.7 Å². The van der Waals surface area contributed by atoms with Crippen LogP contribution in [0.1, 0.15) is 50.2 Å². The van der Waals surface area contributed by atoms with Crippen molar-refractivity contribution in [2.45, 2.75) is 69.5 Å². The van der Waals surface area contributed by atoms with E-state index in [0.717, 1.165) is 41.1 Å². The molecule has 1 fully saturated rings. The monoisotopic (exact) mass is 519 g/mol. The summed E-state index contributed by atoms with van der Waals surface area (Å²) in [6.45, 7) is 3.65. The van der Waals surface area contributed by atoms with Crippen molar-refractivity contribution in [3.63, 3.8) is 0 Å². The number of hydrogen-bond donors (Lipinski definition) is 1. The van der Waals surface area contributed by atoms with Crippen molar-refractivity contribution in [2.24, 2.45) is 0 Å². The van der Waals surface area contributed by atoms with Crippen LogP contribution < -0.4 is 5.32 Å². The van der Waals surface area contributed by atoms with Gasteiger partial charge in [-0.3, -0.25) is 9.59 Å². The second-order valence-corrected chi connectivity index (χ2v) is 11.6. The number of carbonyl (C=O) groups excluding carboxylic acids is 2. The lowest BCUT2D eigenvalue weighted by atomic mass is 10.1. The maximum Gasteiger partial charge on any atom is 0.243 e. The smallest absolute Gasteiger partial charge is 0.243 e. The Morgan fingerprint density at radius 1 is 1.09 bits per heavy atom. The van der Waals surface area contributed by atoms with E-state index in [-0.39, 0.29) is 29.9 Å². The summed E-state index contributed by atoms with van der Waals surface area (Å²) in [6.07, 6.45) is 4.47. The maximum atomic E-state index is 13.6. The number of halogens is 1. The Morgan fingerprint density at radius 3 is 2.31 bits per heavy atom. The summed E-state index contributed by atoms with van der Waals surface area (Å²) < 4.78 is 27.1. The number of likely N-dealkylation sites (N-methyl/N-ethyl adjacent to an activating group) is 1. The molecule has 0 aromatic heterocycles. The fourth-order valence-electron chi connectivity index (χ4n) is 4.41. The number of nitrogens with zero attached hydrogens (tertiary/aromatic N) is 2. The zero-order chi connectivity index (χ0) is 25.6. The van der Waals surface area contributed by atoms with Gasteiger partial charge in [0.15, 0.2) is 0 Å². The van der Waals surface area contributed by atoms with Gasteiger partial charge in [0.1, 0.15) is 6.04 Å². The third kappa shape index (κ3) is 6.84. The van der Waals surface area contributed by atoms with Gasteiger partial charge in [0.2, 0.25) is 21.8 Å². The highest BCUT2D eigenvalue weighted by Gasteiger charge is 2.33. The topological polar surface area (TPSA) is 86.8 Å². The van der Waals surface area contributed by atoms with E-state index >= 15 is 0 Å². The molecule has 2 amide bonds. The number of carbonyl (C=O) groups is 2. The molecule has 3 rings (SSSR count). The molecule has 0 heterocycles. The van der Waals surface area contributed by atoms with Crippen LogP contribution in [-0.2, 0) is 26.2 Å². The lowest BCUT2D eigenvalue weighted by Crippen LogP contribution is -2.53. The van der Waals surface area contributed by atoms with E-state index in [9.17, 15) is 18.0 Å². The van der Waals surface area contributed by atoms with Crippen LogP contribution in [0.15, 0.2) is 53.4 Å². The van der Waals surface area contributed by atoms with Crippen molar-refractivity contribution in [3.05, 3.63) is 64.7 Å². The van der Waals surface area contributed by atoms with Crippen LogP contribution in [0.3, 0.4) is 0 Å². The maximum absolute atomic E-state index is 13.6. The van der Waals surface area contributed by atoms with Gasteiger partial charge in [-0.2, -0.15) is 4.31 Å². The summed E-state index contributed by atoms with van der Waals surface area (Å²) in [5, 5.41) is 3.53. The van der Waals surface area contributed by atoms with Crippen molar-refractivity contribution >= 4 is 33.4 Å². The van der Waals surface area contributed by atoms with Gasteiger partial charge >= 0.3 is 0 Å². The first-order chi connectivity index (χ1) is 16.6. The van der Waals surface area contributed by atoms with Crippen LogP contribution in [0.4, 0.5) is 0 Å². The van der Waals surface area contributed by atoms with Gasteiger partial charge < -0.3 is 10.2 Å². The molecule has 2 aromatic carbocycles. The van der Waals surface area contributed by atoms with E-state index < -0.39 is 22.0 Å². The lowest BCUT2D eigenvalue weighted by molar-refractivity contribution is -0.141. The van der Waals surface area contributed by atoms with E-state index in [1.807, 2.05) is 38.1 Å². The molecule has 0 radical (unpaired) electrons. The Hall–Kier alpha value is -2.42. The average molecular weight is 520 g/mol. The molecule has 190 valence electrons. The van der Waals surface area contributed by atoms with E-state index in [4.69, 9.17) is 11.6 Å². The normalized spacial score (nSPS) is 15.2. The van der Waals surface area contributed by atoms with Crippen molar-refractivity contribution in [3.8, 4) is 0 Å². The van der Waals surface area contributed by atoms with E-state index in [1.165, 1.54) is 36.2 Å². The Kier molecular flexibility index (Phi) is 9.33. The van der Waals surface area contributed by atoms with Gasteiger partial charge in [-0.05, 0) is 61.6 Å². The van der Waals surface area contributed by atoms with Crippen molar-refractivity contribution in [2.75, 3.05) is 13.6 Å². The first-order valence-corrected chi connectivity index (χ1v) is 13.8. The Labute approximate surface area is 213 Å². The molecule has 9 heteroatoms. The molecule has 1 N–H and O–H groups in total. The first-order valence-electron chi connectivity index (χ1n) is 12.0. The molecule has 1 saturated carbocycles. The van der Waals surface area contributed by atoms with Gasteiger partial charge in [0.25, 0.3) is 0 Å². The SMILES string of the molecule is CC[C@H](C(=O)NC1CCCC1)N(Cc1ccccc1C)C(=O)CN(C)S(=O)(=O)c1ccc(Cl)cc1. The van der Waals surface area contributed by atoms with Crippen molar-refractivity contribution < 1.29 is 18.0 Å². The first kappa shape index (κ1) is 27.2. The molecule has 2 aromatic rings. The summed E-state index contributed by atoms with van der Waals surface area (Å²) in [6, 6.07) is 12.9. The molecule has 1 aliphatic rings. The Morgan fingerprint density at radius 2 is 1.71 bits per heavy atom. The zero-order valence-electron chi connectivity index (χ0n) is 20.5. The van der Waals surface area contributed by atoms with Crippen LogP contribution in [0.25, 0.3) is 0 Å². The van der Waals surface area contributed by atoms with E-state index in [1.54, 1.807) is 0 Å². The second-order valence-electron chi connectivity index (χ2n) is 9.08. The molecule has 0 saturated heterocycles. The highest BCUT2D eigenvalue weighted by atomic mass is 35.5. The molecule has 0 spiro atoms. The number of aryl methyl sites for hydroxylation is 1. The highest BCUT2D eigenvalue weighted by molar-refractivity contribution is 7.89. The summed E-state index contributed by atoms with van der Waals surface area (Å²) in [7, 11) is -2.54. The number of benzene rings is 2. The summed E-state index contributed by atoms with van der Waals surface area (Å²) in [4.78, 5) is 28.4. The minimum atomic E-state index is -3.91. The Bertz CT molecular complexity index is 1130. The summed E-state index contributed by atoms with van der Waals surface area (Å²) in [5.41, 5.74) is 1.91. The van der Waals surface area contributed by atoms with Crippen LogP contribution in [0.2, 0.25) is 5.02 Å². The largest absolute Gasteiger partial charge is 0.352 e. The molecule has 35 heavy (non-hydrogen) atoms. The van der Waals surface area contributed by atoms with Gasteiger partial charge in [-0.25, -0.2) is 8.42 Å². The van der Waals surface area contributed by atoms with E-state index in [2.05, 4.69) is 5.32 Å². The zero-order valence-corrected chi connectivity index (χ0v) is 22.1. The molecule has 0 unspecified atom stereocenters. The Balaban J connectivity index is 1.85. The summed E-state index contributed by atoms with van der Waals surface area (Å²) in [5.74, 6) is -0.619. The highest BCUT2D eigenvalue weighted by Crippen LogP contribution is 2.21. The lowest BCUT2D eigenvalue weighted by Gasteiger charge is -2.33. The molecular weight excluding hydrogens is 486 g/mol. The third-order valence-corrected chi connectivity index (χ3v) is 8.64. The number of amides is 2. The van der Waals surface area contributed by atoms with Crippen LogP contribution in [0, 0.1) is 6.92 Å². The number of nitrogens with one attached hydrogen (secondary N) is 1. The number of sulfonamides is 1. The van der Waals surface area contributed by atoms with Crippen molar-refractivity contribution in [1.29, 1.82) is 0 Å². The number of rotatable bonds is 10. The van der Waals surface area contributed by atoms with Crippen LogP contribution in [-0.4, -0.2) is 55.1 Å². The third-order valence-electron chi connectivity index (χ3n) is 6.57. The van der Waals surface area contributed by atoms with E-state index in [0.29, 0.717) is 11.4 Å². The fourth-order valence-corrected chi connectivity index (χ4v) is 5.66. The molecular formula is C26H34ClN3O4S. The predicted octanol–water partition coefficient (Wildman–Crippen LogP) is 4.14. The second kappa shape index (κ2) is 12.0. The van der Waals surface area contributed by atoms with Gasteiger partial charge in [0.05, 0.1) is 11.4 Å². The van der Waals surface area contributed by atoms with Crippen LogP contribution >= 0.6 is 11.6 Å². The quantitative estimate of drug-likeness (QED) is 0.511. The molecule has 1 aliphatic carbocycles. The van der Waals surface area contributed by atoms with Crippen LogP contribution in [0.5, 0.6) is 0 Å².